The molecule has 3 aromatic rings. The number of benzene rings is 2. The fraction of sp³-hybridized carbons (Fsp3) is 0.125. The first-order valence-electron chi connectivity index (χ1n) is 6.83. The SMILES string of the molecule is Oc1ccccc1OCc1n[nH]c(=S)n1Cc1ccccc1. The molecule has 2 aromatic carbocycles. The molecule has 0 amide bonds. The van der Waals surface area contributed by atoms with E-state index in [1.54, 1.807) is 24.3 Å². The maximum Gasteiger partial charge on any atom is 0.195 e. The molecule has 0 fully saturated rings. The number of nitrogens with zero attached hydrogens (tertiary/aromatic N) is 2. The third-order valence-electron chi connectivity index (χ3n) is 3.24. The number of ether oxygens (including phenoxy) is 1. The molecular formula is C16H15N3O2S. The zero-order chi connectivity index (χ0) is 15.4. The number of hydrogen-bond donors (Lipinski definition) is 2. The molecule has 6 heteroatoms. The molecule has 0 aliphatic heterocycles. The number of phenols is 1. The van der Waals surface area contributed by atoms with Crippen LogP contribution in [0.15, 0.2) is 54.6 Å². The van der Waals surface area contributed by atoms with E-state index >= 15 is 0 Å². The molecule has 0 saturated heterocycles. The van der Waals surface area contributed by atoms with Gasteiger partial charge in [-0.2, -0.15) is 5.10 Å². The third kappa shape index (κ3) is 3.17. The van der Waals surface area contributed by atoms with Gasteiger partial charge < -0.3 is 9.84 Å². The molecule has 0 bridgehead atoms. The monoisotopic (exact) mass is 313 g/mol. The van der Waals surface area contributed by atoms with Crippen LogP contribution in [0.25, 0.3) is 0 Å². The van der Waals surface area contributed by atoms with Gasteiger partial charge in [-0.15, -0.1) is 0 Å². The lowest BCUT2D eigenvalue weighted by atomic mass is 10.2. The lowest BCUT2D eigenvalue weighted by Gasteiger charge is -2.09. The zero-order valence-electron chi connectivity index (χ0n) is 11.8. The van der Waals surface area contributed by atoms with E-state index < -0.39 is 0 Å². The molecule has 1 aromatic heterocycles. The van der Waals surface area contributed by atoms with Crippen LogP contribution in [-0.4, -0.2) is 19.9 Å². The van der Waals surface area contributed by atoms with Gasteiger partial charge >= 0.3 is 0 Å². The van der Waals surface area contributed by atoms with E-state index in [0.717, 1.165) is 5.56 Å². The van der Waals surface area contributed by atoms with Crippen LogP contribution in [-0.2, 0) is 13.2 Å². The van der Waals surface area contributed by atoms with Crippen LogP contribution >= 0.6 is 12.2 Å². The van der Waals surface area contributed by atoms with Crippen molar-refractivity contribution in [2.45, 2.75) is 13.2 Å². The summed E-state index contributed by atoms with van der Waals surface area (Å²) in [6, 6.07) is 16.8. The lowest BCUT2D eigenvalue weighted by molar-refractivity contribution is 0.275. The standard InChI is InChI=1S/C16H15N3O2S/c20-13-8-4-5-9-14(13)21-11-15-17-18-16(22)19(15)10-12-6-2-1-3-7-12/h1-9,20H,10-11H2,(H,18,22). The number of aromatic amines is 1. The molecule has 3 rings (SSSR count). The molecule has 5 nitrogen and oxygen atoms in total. The van der Waals surface area contributed by atoms with Crippen molar-refractivity contribution in [3.8, 4) is 11.5 Å². The number of nitrogens with one attached hydrogen (secondary N) is 1. The second-order valence-electron chi connectivity index (χ2n) is 4.77. The van der Waals surface area contributed by atoms with Crippen LogP contribution in [0, 0.1) is 4.77 Å². The van der Waals surface area contributed by atoms with Crippen molar-refractivity contribution in [1.82, 2.24) is 14.8 Å². The van der Waals surface area contributed by atoms with Crippen LogP contribution in [0.3, 0.4) is 0 Å². The van der Waals surface area contributed by atoms with Crippen LogP contribution < -0.4 is 4.74 Å². The second kappa shape index (κ2) is 6.44. The second-order valence-corrected chi connectivity index (χ2v) is 5.16. The van der Waals surface area contributed by atoms with Gasteiger partial charge in [0.25, 0.3) is 0 Å². The molecule has 1 heterocycles. The number of para-hydroxylation sites is 2. The normalized spacial score (nSPS) is 10.5. The average molecular weight is 313 g/mol. The van der Waals surface area contributed by atoms with E-state index in [4.69, 9.17) is 17.0 Å². The van der Waals surface area contributed by atoms with Gasteiger partial charge in [-0.1, -0.05) is 42.5 Å². The number of phenolic OH excluding ortho intramolecular Hbond substituents is 1. The maximum atomic E-state index is 9.72. The highest BCUT2D eigenvalue weighted by atomic mass is 32.1. The van der Waals surface area contributed by atoms with E-state index in [1.807, 2.05) is 34.9 Å². The smallest absolute Gasteiger partial charge is 0.195 e. The van der Waals surface area contributed by atoms with Crippen LogP contribution in [0.4, 0.5) is 0 Å². The third-order valence-corrected chi connectivity index (χ3v) is 3.55. The van der Waals surface area contributed by atoms with Crippen LogP contribution in [0.1, 0.15) is 11.4 Å². The minimum Gasteiger partial charge on any atom is -0.504 e. The molecule has 0 spiro atoms. The first kappa shape index (κ1) is 14.3. The van der Waals surface area contributed by atoms with Crippen molar-refractivity contribution in [2.75, 3.05) is 0 Å². The number of aromatic hydroxyl groups is 1. The quantitative estimate of drug-likeness (QED) is 0.710. The Balaban J connectivity index is 1.78. The van der Waals surface area contributed by atoms with Gasteiger partial charge in [0.1, 0.15) is 6.61 Å². The zero-order valence-corrected chi connectivity index (χ0v) is 12.6. The summed E-state index contributed by atoms with van der Waals surface area (Å²) < 4.78 is 8.04. The molecule has 0 unspecified atom stereocenters. The van der Waals surface area contributed by atoms with E-state index in [0.29, 0.717) is 22.9 Å². The Morgan fingerprint density at radius 3 is 2.59 bits per heavy atom. The summed E-state index contributed by atoms with van der Waals surface area (Å²) in [6.07, 6.45) is 0. The summed E-state index contributed by atoms with van der Waals surface area (Å²) in [4.78, 5) is 0. The van der Waals surface area contributed by atoms with Gasteiger partial charge in [0.2, 0.25) is 0 Å². The molecule has 0 atom stereocenters. The van der Waals surface area contributed by atoms with Crippen molar-refractivity contribution in [3.63, 3.8) is 0 Å². The van der Waals surface area contributed by atoms with Gasteiger partial charge in [0.05, 0.1) is 6.54 Å². The summed E-state index contributed by atoms with van der Waals surface area (Å²) in [5.41, 5.74) is 1.13. The number of rotatable bonds is 5. The summed E-state index contributed by atoms with van der Waals surface area (Å²) in [7, 11) is 0. The summed E-state index contributed by atoms with van der Waals surface area (Å²) in [5, 5.41) is 16.7. The number of aromatic nitrogens is 3. The molecule has 0 radical (unpaired) electrons. The van der Waals surface area contributed by atoms with E-state index in [9.17, 15) is 5.11 Å². The Bertz CT molecular complexity index is 812. The van der Waals surface area contributed by atoms with Crippen molar-refractivity contribution < 1.29 is 9.84 Å². The molecule has 0 aliphatic carbocycles. The molecule has 0 aliphatic rings. The fourth-order valence-corrected chi connectivity index (χ4v) is 2.33. The molecule has 0 saturated carbocycles. The van der Waals surface area contributed by atoms with Crippen LogP contribution in [0.2, 0.25) is 0 Å². The summed E-state index contributed by atoms with van der Waals surface area (Å²) in [5.74, 6) is 1.20. The summed E-state index contributed by atoms with van der Waals surface area (Å²) in [6.45, 7) is 0.840. The molecule has 22 heavy (non-hydrogen) atoms. The van der Waals surface area contributed by atoms with Gasteiger partial charge in [-0.05, 0) is 29.9 Å². The van der Waals surface area contributed by atoms with Gasteiger partial charge in [0, 0.05) is 0 Å². The number of hydrogen-bond acceptors (Lipinski definition) is 4. The van der Waals surface area contributed by atoms with Crippen molar-refractivity contribution in [1.29, 1.82) is 0 Å². The maximum absolute atomic E-state index is 9.72. The highest BCUT2D eigenvalue weighted by molar-refractivity contribution is 7.71. The predicted molar refractivity (Wildman–Crippen MR) is 85.4 cm³/mol. The fourth-order valence-electron chi connectivity index (χ4n) is 2.11. The van der Waals surface area contributed by atoms with E-state index in [-0.39, 0.29) is 12.4 Å². The van der Waals surface area contributed by atoms with Crippen molar-refractivity contribution in [2.24, 2.45) is 0 Å². The Morgan fingerprint density at radius 1 is 1.09 bits per heavy atom. The Labute approximate surface area is 132 Å². The minimum absolute atomic E-state index is 0.103. The molecule has 2 N–H and O–H groups in total. The lowest BCUT2D eigenvalue weighted by Crippen LogP contribution is -2.08. The largest absolute Gasteiger partial charge is 0.504 e. The van der Waals surface area contributed by atoms with Crippen molar-refractivity contribution >= 4 is 12.2 Å². The highest BCUT2D eigenvalue weighted by Gasteiger charge is 2.09. The first-order chi connectivity index (χ1) is 10.7. The van der Waals surface area contributed by atoms with Crippen molar-refractivity contribution in [3.05, 3.63) is 70.8 Å². The van der Waals surface area contributed by atoms with E-state index in [2.05, 4.69) is 10.2 Å². The molecular weight excluding hydrogens is 298 g/mol. The van der Waals surface area contributed by atoms with Gasteiger partial charge in [-0.3, -0.25) is 9.67 Å². The summed E-state index contributed by atoms with van der Waals surface area (Å²) >= 11 is 5.27. The highest BCUT2D eigenvalue weighted by Crippen LogP contribution is 2.25. The first-order valence-corrected chi connectivity index (χ1v) is 7.23. The number of H-pyrrole nitrogens is 1. The Hall–Kier alpha value is -2.60. The Kier molecular flexibility index (Phi) is 4.20. The van der Waals surface area contributed by atoms with Gasteiger partial charge in [-0.25, -0.2) is 0 Å². The average Bonchev–Trinajstić information content (AvgIpc) is 2.88. The minimum atomic E-state index is 0.103. The molecule has 112 valence electrons. The Morgan fingerprint density at radius 2 is 1.82 bits per heavy atom. The van der Waals surface area contributed by atoms with E-state index in [1.165, 1.54) is 0 Å². The predicted octanol–water partition coefficient (Wildman–Crippen LogP) is 3.27. The van der Waals surface area contributed by atoms with Gasteiger partial charge in [0.15, 0.2) is 22.1 Å². The topological polar surface area (TPSA) is 63.1 Å². The van der Waals surface area contributed by atoms with Crippen LogP contribution in [0.5, 0.6) is 11.5 Å².